The van der Waals surface area contributed by atoms with Crippen molar-refractivity contribution < 1.29 is 5.11 Å². The molecule has 0 saturated heterocycles. The summed E-state index contributed by atoms with van der Waals surface area (Å²) in [5.74, 6) is 5.83. The second-order valence-corrected chi connectivity index (χ2v) is 16.4. The molecule has 10 atom stereocenters. The highest BCUT2D eigenvalue weighted by molar-refractivity contribution is 5.10. The Hall–Kier alpha value is -0.200. The lowest BCUT2D eigenvalue weighted by atomic mass is 9.44. The highest BCUT2D eigenvalue weighted by Crippen LogP contribution is 2.68. The first-order valence-electron chi connectivity index (χ1n) is 18.7. The van der Waals surface area contributed by atoms with Crippen LogP contribution in [0, 0.1) is 52.3 Å². The van der Waals surface area contributed by atoms with Crippen molar-refractivity contribution in [3.05, 3.63) is 0 Å². The molecule has 6 N–H and O–H groups in total. The van der Waals surface area contributed by atoms with Crippen LogP contribution in [0.1, 0.15) is 131 Å². The van der Waals surface area contributed by atoms with Crippen molar-refractivity contribution in [2.24, 2.45) is 58.0 Å². The number of hydrogen-bond donors (Lipinski definition) is 5. The van der Waals surface area contributed by atoms with E-state index in [2.05, 4.69) is 50.6 Å². The number of rotatable bonds is 18. The van der Waals surface area contributed by atoms with Gasteiger partial charge in [-0.05, 0) is 188 Å². The fourth-order valence-corrected chi connectivity index (χ4v) is 10.9. The Kier molecular flexibility index (Phi) is 13.5. The van der Waals surface area contributed by atoms with E-state index in [1.165, 1.54) is 90.0 Å². The van der Waals surface area contributed by atoms with Crippen LogP contribution in [0.2, 0.25) is 0 Å². The van der Waals surface area contributed by atoms with Gasteiger partial charge >= 0.3 is 0 Å². The first kappa shape index (κ1) is 34.7. The fraction of sp³-hybridized carbons (Fsp3) is 1.00. The predicted molar refractivity (Wildman–Crippen MR) is 180 cm³/mol. The Morgan fingerprint density at radius 2 is 1.40 bits per heavy atom. The van der Waals surface area contributed by atoms with Crippen molar-refractivity contribution in [2.45, 2.75) is 143 Å². The number of unbranched alkanes of at least 4 members (excludes halogenated alkanes) is 1. The predicted octanol–water partition coefficient (Wildman–Crippen LogP) is 6.74. The van der Waals surface area contributed by atoms with Gasteiger partial charge in [0.05, 0.1) is 6.10 Å². The van der Waals surface area contributed by atoms with Gasteiger partial charge in [0.1, 0.15) is 0 Å². The molecule has 0 aromatic carbocycles. The van der Waals surface area contributed by atoms with Gasteiger partial charge in [0.2, 0.25) is 0 Å². The Morgan fingerprint density at radius 1 is 0.738 bits per heavy atom. The molecular weight excluding hydrogens is 516 g/mol. The van der Waals surface area contributed by atoms with Crippen molar-refractivity contribution in [3.63, 3.8) is 0 Å². The molecule has 4 fully saturated rings. The first-order valence-corrected chi connectivity index (χ1v) is 18.7. The summed E-state index contributed by atoms with van der Waals surface area (Å²) >= 11 is 0. The van der Waals surface area contributed by atoms with E-state index < -0.39 is 0 Å². The molecule has 0 aliphatic heterocycles. The van der Waals surface area contributed by atoms with Gasteiger partial charge in [-0.2, -0.15) is 0 Å². The lowest BCUT2D eigenvalue weighted by molar-refractivity contribution is -0.118. The summed E-state index contributed by atoms with van der Waals surface area (Å²) in [6.45, 7) is 18.7. The van der Waals surface area contributed by atoms with Gasteiger partial charge in [-0.25, -0.2) is 0 Å². The fourth-order valence-electron chi connectivity index (χ4n) is 10.9. The topological polar surface area (TPSA) is 82.3 Å². The molecule has 246 valence electrons. The third-order valence-corrected chi connectivity index (χ3v) is 13.6. The van der Waals surface area contributed by atoms with Crippen molar-refractivity contribution in [2.75, 3.05) is 39.3 Å². The summed E-state index contributed by atoms with van der Waals surface area (Å²) in [7, 11) is 0. The molecule has 0 aromatic rings. The summed E-state index contributed by atoms with van der Waals surface area (Å²) in [4.78, 5) is 0. The molecule has 5 heteroatoms. The number of fused-ring (bicyclic) bond motifs is 5. The minimum atomic E-state index is -0.126. The standard InChI is InChI=1S/C37H72N4O/c1-27(2)35(42)15-10-28(3)32-13-14-33-31-12-11-29-26-30(16-18-36(29,4)34(31)17-19-37(32,33)5)41-25-9-24-40-22-7-6-21-39-23-8-20-38/h27-35,39-42H,6-26,38H2,1-5H3/t28-,29-,30+,31?,32-,33?,34?,35?,36+,37-/m1/s1. The van der Waals surface area contributed by atoms with Crippen molar-refractivity contribution in [1.82, 2.24) is 16.0 Å². The number of aliphatic hydroxyl groups is 1. The zero-order valence-corrected chi connectivity index (χ0v) is 28.6. The SMILES string of the molecule is CC(C)C(O)CC[C@@H](C)[C@H]1CCC2C3CC[C@@H]4C[C@@H](NCCCNCCCCNCCCN)CC[C@]4(C)C3CC[C@@]21C. The van der Waals surface area contributed by atoms with Gasteiger partial charge in [-0.15, -0.1) is 0 Å². The van der Waals surface area contributed by atoms with Crippen molar-refractivity contribution in [1.29, 1.82) is 0 Å². The largest absolute Gasteiger partial charge is 0.393 e. The highest BCUT2D eigenvalue weighted by Gasteiger charge is 2.60. The van der Waals surface area contributed by atoms with E-state index >= 15 is 0 Å². The lowest BCUT2D eigenvalue weighted by Crippen LogP contribution is -2.55. The second kappa shape index (κ2) is 16.4. The molecule has 0 heterocycles. The Bertz CT molecular complexity index is 777. The molecule has 5 nitrogen and oxygen atoms in total. The maximum Gasteiger partial charge on any atom is 0.0563 e. The summed E-state index contributed by atoms with van der Waals surface area (Å²) in [5.41, 5.74) is 6.66. The van der Waals surface area contributed by atoms with Crippen LogP contribution in [0.3, 0.4) is 0 Å². The zero-order valence-electron chi connectivity index (χ0n) is 28.6. The Balaban J connectivity index is 1.17. The number of aliphatic hydroxyl groups excluding tert-OH is 1. The molecule has 4 aliphatic rings. The minimum Gasteiger partial charge on any atom is -0.393 e. The van der Waals surface area contributed by atoms with Crippen LogP contribution >= 0.6 is 0 Å². The zero-order chi connectivity index (χ0) is 30.2. The van der Waals surface area contributed by atoms with Gasteiger partial charge in [0.15, 0.2) is 0 Å². The molecule has 4 saturated carbocycles. The molecule has 0 aromatic heterocycles. The number of hydrogen-bond acceptors (Lipinski definition) is 5. The van der Waals surface area contributed by atoms with Crippen molar-refractivity contribution >= 4 is 0 Å². The molecule has 4 unspecified atom stereocenters. The van der Waals surface area contributed by atoms with Gasteiger partial charge in [0.25, 0.3) is 0 Å². The van der Waals surface area contributed by atoms with Gasteiger partial charge in [-0.3, -0.25) is 0 Å². The molecule has 42 heavy (non-hydrogen) atoms. The van der Waals surface area contributed by atoms with E-state index in [0.717, 1.165) is 87.1 Å². The van der Waals surface area contributed by atoms with Gasteiger partial charge in [-0.1, -0.05) is 34.6 Å². The third-order valence-electron chi connectivity index (χ3n) is 13.6. The van der Waals surface area contributed by atoms with Crippen molar-refractivity contribution in [3.8, 4) is 0 Å². The van der Waals surface area contributed by atoms with Crippen LogP contribution in [0.4, 0.5) is 0 Å². The van der Waals surface area contributed by atoms with E-state index in [-0.39, 0.29) is 6.10 Å². The van der Waals surface area contributed by atoms with Crippen LogP contribution in [0.25, 0.3) is 0 Å². The van der Waals surface area contributed by atoms with Crippen LogP contribution in [0.5, 0.6) is 0 Å². The quantitative estimate of drug-likeness (QED) is 0.115. The summed E-state index contributed by atoms with van der Waals surface area (Å²) in [5, 5.41) is 21.6. The van der Waals surface area contributed by atoms with Crippen LogP contribution < -0.4 is 21.7 Å². The minimum absolute atomic E-state index is 0.126. The smallest absolute Gasteiger partial charge is 0.0563 e. The van der Waals surface area contributed by atoms with E-state index in [1.54, 1.807) is 0 Å². The molecule has 4 aliphatic carbocycles. The molecule has 0 radical (unpaired) electrons. The highest BCUT2D eigenvalue weighted by atomic mass is 16.3. The van der Waals surface area contributed by atoms with E-state index in [0.29, 0.717) is 16.7 Å². The lowest BCUT2D eigenvalue weighted by Gasteiger charge is -2.61. The maximum atomic E-state index is 10.4. The van der Waals surface area contributed by atoms with E-state index in [1.807, 2.05) is 0 Å². The average molecular weight is 589 g/mol. The summed E-state index contributed by atoms with van der Waals surface area (Å²) < 4.78 is 0. The summed E-state index contributed by atoms with van der Waals surface area (Å²) in [6, 6.07) is 0.742. The molecule has 0 amide bonds. The number of nitrogens with two attached hydrogens (primary N) is 1. The first-order chi connectivity index (χ1) is 20.2. The maximum absolute atomic E-state index is 10.4. The average Bonchev–Trinajstić information content (AvgIpc) is 3.33. The number of nitrogens with one attached hydrogen (secondary N) is 3. The van der Waals surface area contributed by atoms with Crippen LogP contribution in [-0.2, 0) is 0 Å². The van der Waals surface area contributed by atoms with Crippen LogP contribution in [0.15, 0.2) is 0 Å². The summed E-state index contributed by atoms with van der Waals surface area (Å²) in [6.07, 6.45) is 20.0. The Morgan fingerprint density at radius 3 is 2.12 bits per heavy atom. The monoisotopic (exact) mass is 589 g/mol. The van der Waals surface area contributed by atoms with E-state index in [9.17, 15) is 5.11 Å². The molecule has 4 rings (SSSR count). The van der Waals surface area contributed by atoms with Gasteiger partial charge in [0, 0.05) is 6.04 Å². The van der Waals surface area contributed by atoms with Gasteiger partial charge < -0.3 is 26.8 Å². The normalized spacial score (nSPS) is 37.7. The molecular formula is C37H72N4O. The Labute approximate surface area is 261 Å². The van der Waals surface area contributed by atoms with E-state index in [4.69, 9.17) is 5.73 Å². The molecule has 0 spiro atoms. The second-order valence-electron chi connectivity index (χ2n) is 16.4. The molecule has 0 bridgehead atoms. The third kappa shape index (κ3) is 8.33. The van der Waals surface area contributed by atoms with Crippen LogP contribution in [-0.4, -0.2) is 56.5 Å².